The largest absolute Gasteiger partial charge is 0.459 e. The molecule has 0 aliphatic heterocycles. The summed E-state index contributed by atoms with van der Waals surface area (Å²) in [6.07, 6.45) is 1.54. The predicted molar refractivity (Wildman–Crippen MR) is 105 cm³/mol. The topological polar surface area (TPSA) is 72.4 Å². The maximum atomic E-state index is 12.8. The fourth-order valence-corrected chi connectivity index (χ4v) is 3.53. The Kier molecular flexibility index (Phi) is 4.93. The molecule has 0 spiro atoms. The highest BCUT2D eigenvalue weighted by Crippen LogP contribution is 2.28. The second-order valence-electron chi connectivity index (χ2n) is 5.78. The van der Waals surface area contributed by atoms with Gasteiger partial charge in [-0.25, -0.2) is 0 Å². The Morgan fingerprint density at radius 3 is 2.74 bits per heavy atom. The first-order valence-electron chi connectivity index (χ1n) is 8.54. The summed E-state index contributed by atoms with van der Waals surface area (Å²) in [4.78, 5) is 14.6. The van der Waals surface area contributed by atoms with Gasteiger partial charge >= 0.3 is 0 Å². The van der Waals surface area contributed by atoms with Crippen LogP contribution >= 0.6 is 11.8 Å². The highest BCUT2D eigenvalue weighted by molar-refractivity contribution is 7.99. The van der Waals surface area contributed by atoms with Gasteiger partial charge in [-0.15, -0.1) is 10.2 Å². The third-order valence-electron chi connectivity index (χ3n) is 4.13. The van der Waals surface area contributed by atoms with Gasteiger partial charge in [0, 0.05) is 11.9 Å². The van der Waals surface area contributed by atoms with E-state index in [2.05, 4.69) is 10.2 Å². The molecule has 1 amide bonds. The number of nitrogens with zero attached hydrogens (tertiary/aromatic N) is 3. The van der Waals surface area contributed by atoms with Crippen LogP contribution in [0.3, 0.4) is 0 Å². The van der Waals surface area contributed by atoms with E-state index in [1.54, 1.807) is 23.3 Å². The molecule has 0 atom stereocenters. The number of hydrogen-bond donors (Lipinski definition) is 0. The van der Waals surface area contributed by atoms with Crippen molar-refractivity contribution in [2.45, 2.75) is 12.1 Å². The quantitative estimate of drug-likeness (QED) is 0.455. The summed E-state index contributed by atoms with van der Waals surface area (Å²) in [7, 11) is 0. The molecule has 0 saturated heterocycles. The van der Waals surface area contributed by atoms with Crippen molar-refractivity contribution < 1.29 is 13.6 Å². The van der Waals surface area contributed by atoms with Crippen LogP contribution in [-0.4, -0.2) is 28.4 Å². The van der Waals surface area contributed by atoms with Crippen molar-refractivity contribution in [1.29, 1.82) is 0 Å². The van der Waals surface area contributed by atoms with Gasteiger partial charge in [0.25, 0.3) is 11.1 Å². The maximum absolute atomic E-state index is 12.8. The molecule has 2 heterocycles. The van der Waals surface area contributed by atoms with E-state index in [4.69, 9.17) is 8.83 Å². The Bertz CT molecular complexity index is 1050. The average Bonchev–Trinajstić information content (AvgIpc) is 3.39. The third kappa shape index (κ3) is 3.59. The van der Waals surface area contributed by atoms with Crippen molar-refractivity contribution in [3.8, 4) is 11.7 Å². The maximum Gasteiger partial charge on any atom is 0.284 e. The number of benzene rings is 2. The lowest BCUT2D eigenvalue weighted by molar-refractivity contribution is -0.116. The van der Waals surface area contributed by atoms with E-state index in [0.29, 0.717) is 23.4 Å². The summed E-state index contributed by atoms with van der Waals surface area (Å²) in [6.45, 7) is 2.54. The van der Waals surface area contributed by atoms with Crippen LogP contribution in [0.1, 0.15) is 6.92 Å². The molecule has 0 saturated carbocycles. The van der Waals surface area contributed by atoms with Crippen LogP contribution in [0.4, 0.5) is 5.69 Å². The van der Waals surface area contributed by atoms with Crippen molar-refractivity contribution in [3.05, 3.63) is 60.9 Å². The Balaban J connectivity index is 1.49. The second kappa shape index (κ2) is 7.67. The number of hydrogen-bond acceptors (Lipinski definition) is 6. The molecule has 6 nitrogen and oxygen atoms in total. The monoisotopic (exact) mass is 379 g/mol. The lowest BCUT2D eigenvalue weighted by Gasteiger charge is -2.22. The van der Waals surface area contributed by atoms with E-state index in [-0.39, 0.29) is 11.7 Å². The Hall–Kier alpha value is -3.06. The molecule has 0 aliphatic rings. The van der Waals surface area contributed by atoms with Crippen LogP contribution in [-0.2, 0) is 4.79 Å². The van der Waals surface area contributed by atoms with Crippen molar-refractivity contribution in [1.82, 2.24) is 10.2 Å². The van der Waals surface area contributed by atoms with Crippen LogP contribution in [0, 0.1) is 0 Å². The van der Waals surface area contributed by atoms with Gasteiger partial charge < -0.3 is 13.7 Å². The molecule has 0 bridgehead atoms. The molecule has 2 aromatic heterocycles. The highest BCUT2D eigenvalue weighted by Gasteiger charge is 2.18. The summed E-state index contributed by atoms with van der Waals surface area (Å²) in [5.74, 6) is 0.996. The van der Waals surface area contributed by atoms with Gasteiger partial charge in [-0.3, -0.25) is 4.79 Å². The van der Waals surface area contributed by atoms with Crippen molar-refractivity contribution >= 4 is 34.1 Å². The minimum atomic E-state index is -0.0170. The number of aromatic nitrogens is 2. The molecule has 7 heteroatoms. The molecule has 2 aromatic carbocycles. The number of amides is 1. The van der Waals surface area contributed by atoms with Gasteiger partial charge in [0.15, 0.2) is 5.76 Å². The minimum Gasteiger partial charge on any atom is -0.459 e. The lowest BCUT2D eigenvalue weighted by atomic mass is 10.1. The zero-order valence-electron chi connectivity index (χ0n) is 14.7. The molecular weight excluding hydrogens is 362 g/mol. The highest BCUT2D eigenvalue weighted by atomic mass is 32.2. The molecule has 0 fully saturated rings. The van der Waals surface area contributed by atoms with Gasteiger partial charge in [0.1, 0.15) is 0 Å². The summed E-state index contributed by atoms with van der Waals surface area (Å²) in [5.41, 5.74) is 0.906. The molecule has 27 heavy (non-hydrogen) atoms. The molecule has 4 rings (SSSR count). The number of fused-ring (bicyclic) bond motifs is 1. The van der Waals surface area contributed by atoms with Crippen molar-refractivity contribution in [2.75, 3.05) is 17.2 Å². The first-order valence-corrected chi connectivity index (χ1v) is 9.53. The number of carbonyl (C=O) groups excluding carboxylic acids is 1. The molecule has 0 N–H and O–H groups in total. The molecule has 0 unspecified atom stereocenters. The minimum absolute atomic E-state index is 0.0170. The molecular formula is C20H17N3O3S. The van der Waals surface area contributed by atoms with Crippen molar-refractivity contribution in [3.63, 3.8) is 0 Å². The first kappa shape index (κ1) is 17.4. The zero-order valence-corrected chi connectivity index (χ0v) is 15.5. The summed E-state index contributed by atoms with van der Waals surface area (Å²) < 4.78 is 10.8. The molecule has 4 aromatic rings. The zero-order chi connectivity index (χ0) is 18.6. The van der Waals surface area contributed by atoms with Gasteiger partial charge in [-0.05, 0) is 30.5 Å². The Labute approximate surface area is 160 Å². The van der Waals surface area contributed by atoms with Gasteiger partial charge in [0.05, 0.1) is 17.7 Å². The number of thioether (sulfide) groups is 1. The SMILES string of the molecule is CCN(C(=O)CSc1nnc(-c2ccco2)o1)c1cccc2ccccc12. The van der Waals surface area contributed by atoms with Gasteiger partial charge in [-0.1, -0.05) is 48.2 Å². The van der Waals surface area contributed by atoms with Crippen LogP contribution in [0.5, 0.6) is 0 Å². The Morgan fingerprint density at radius 2 is 1.93 bits per heavy atom. The van der Waals surface area contributed by atoms with Gasteiger partial charge in [-0.2, -0.15) is 0 Å². The number of anilines is 1. The number of rotatable bonds is 6. The van der Waals surface area contributed by atoms with E-state index < -0.39 is 0 Å². The van der Waals surface area contributed by atoms with Crippen molar-refractivity contribution in [2.24, 2.45) is 0 Å². The average molecular weight is 379 g/mol. The van der Waals surface area contributed by atoms with Crippen LogP contribution in [0.15, 0.2) is 74.9 Å². The normalized spacial score (nSPS) is 11.0. The Morgan fingerprint density at radius 1 is 1.07 bits per heavy atom. The van der Waals surface area contributed by atoms with Crippen LogP contribution in [0.2, 0.25) is 0 Å². The fraction of sp³-hybridized carbons (Fsp3) is 0.150. The molecule has 0 radical (unpaired) electrons. The first-order chi connectivity index (χ1) is 13.3. The predicted octanol–water partition coefficient (Wildman–Crippen LogP) is 4.63. The van der Waals surface area contributed by atoms with E-state index in [0.717, 1.165) is 16.5 Å². The van der Waals surface area contributed by atoms with E-state index in [9.17, 15) is 4.79 Å². The lowest BCUT2D eigenvalue weighted by Crippen LogP contribution is -2.32. The summed E-state index contributed by atoms with van der Waals surface area (Å²) >= 11 is 1.22. The fourth-order valence-electron chi connectivity index (χ4n) is 2.89. The summed E-state index contributed by atoms with van der Waals surface area (Å²) in [5, 5.41) is 10.4. The van der Waals surface area contributed by atoms with E-state index >= 15 is 0 Å². The van der Waals surface area contributed by atoms with Crippen LogP contribution < -0.4 is 4.90 Å². The third-order valence-corrected chi connectivity index (χ3v) is 4.94. The van der Waals surface area contributed by atoms with Gasteiger partial charge in [0.2, 0.25) is 5.91 Å². The number of furan rings is 1. The number of carbonyl (C=O) groups is 1. The summed E-state index contributed by atoms with van der Waals surface area (Å²) in [6, 6.07) is 17.5. The van der Waals surface area contributed by atoms with E-state index in [1.807, 2.05) is 49.4 Å². The van der Waals surface area contributed by atoms with E-state index in [1.165, 1.54) is 11.8 Å². The second-order valence-corrected chi connectivity index (χ2v) is 6.70. The standard InChI is InChI=1S/C20H17N3O3S/c1-2-23(16-10-5-8-14-7-3-4-9-15(14)16)18(24)13-27-20-22-21-19(26-20)17-11-6-12-25-17/h3-12H,2,13H2,1H3. The molecule has 136 valence electrons. The van der Waals surface area contributed by atoms with Crippen LogP contribution in [0.25, 0.3) is 22.4 Å². The smallest absolute Gasteiger partial charge is 0.284 e. The molecule has 0 aliphatic carbocycles.